The molecule has 2 heterocycles. The smallest absolute Gasteiger partial charge is 0.258 e. The largest absolute Gasteiger partial charge is 0.482 e. The number of amides is 1. The zero-order valence-electron chi connectivity index (χ0n) is 11.7. The molecule has 2 N–H and O–H groups in total. The predicted octanol–water partition coefficient (Wildman–Crippen LogP) is 2.54. The molecule has 0 radical (unpaired) electrons. The second-order valence-corrected chi connectivity index (χ2v) is 6.00. The Hall–Kier alpha value is -0.970. The van der Waals surface area contributed by atoms with Gasteiger partial charge in [-0.05, 0) is 37.8 Å². The summed E-state index contributed by atoms with van der Waals surface area (Å²) in [6.45, 7) is 0.0169. The molecule has 2 aliphatic rings. The molecule has 0 aromatic heterocycles. The van der Waals surface area contributed by atoms with Crippen LogP contribution in [0.1, 0.15) is 25.7 Å². The van der Waals surface area contributed by atoms with Crippen LogP contribution in [0.4, 0.5) is 0 Å². The third-order valence-corrected chi connectivity index (χ3v) is 4.35. The van der Waals surface area contributed by atoms with Crippen LogP contribution in [-0.2, 0) is 4.79 Å². The van der Waals surface area contributed by atoms with Gasteiger partial charge in [0.1, 0.15) is 5.75 Å². The molecule has 2 bridgehead atoms. The third kappa shape index (κ3) is 4.25. The van der Waals surface area contributed by atoms with Crippen LogP contribution in [0.3, 0.4) is 0 Å². The van der Waals surface area contributed by atoms with Crippen LogP contribution >= 0.6 is 24.0 Å². The van der Waals surface area contributed by atoms with E-state index < -0.39 is 0 Å². The normalized spacial score (nSPS) is 26.8. The van der Waals surface area contributed by atoms with Crippen LogP contribution in [0, 0.1) is 0 Å². The SMILES string of the molecule is Cl.O=C(COc1ccccc1Cl)NC1CC2CCC(C1)N2. The summed E-state index contributed by atoms with van der Waals surface area (Å²) < 4.78 is 5.45. The number of piperidine rings is 1. The molecule has 2 saturated heterocycles. The van der Waals surface area contributed by atoms with E-state index in [4.69, 9.17) is 16.3 Å². The Bertz CT molecular complexity index is 486. The quantitative estimate of drug-likeness (QED) is 0.891. The number of rotatable bonds is 4. The number of hydrogen-bond acceptors (Lipinski definition) is 3. The van der Waals surface area contributed by atoms with Gasteiger partial charge in [-0.1, -0.05) is 23.7 Å². The maximum absolute atomic E-state index is 11.9. The van der Waals surface area contributed by atoms with Gasteiger partial charge in [0.05, 0.1) is 5.02 Å². The fourth-order valence-corrected chi connectivity index (χ4v) is 3.34. The number of para-hydroxylation sites is 1. The highest BCUT2D eigenvalue weighted by molar-refractivity contribution is 6.32. The van der Waals surface area contributed by atoms with Gasteiger partial charge in [-0.3, -0.25) is 4.79 Å². The fraction of sp³-hybridized carbons (Fsp3) is 0.533. The zero-order valence-corrected chi connectivity index (χ0v) is 13.3. The van der Waals surface area contributed by atoms with Crippen molar-refractivity contribution in [2.45, 2.75) is 43.8 Å². The topological polar surface area (TPSA) is 50.4 Å². The molecule has 0 saturated carbocycles. The van der Waals surface area contributed by atoms with E-state index in [0.717, 1.165) is 12.8 Å². The highest BCUT2D eigenvalue weighted by Gasteiger charge is 2.33. The number of carbonyl (C=O) groups excluding carboxylic acids is 1. The summed E-state index contributed by atoms with van der Waals surface area (Å²) in [6.07, 6.45) is 4.50. The van der Waals surface area contributed by atoms with Crippen molar-refractivity contribution in [2.24, 2.45) is 0 Å². The van der Waals surface area contributed by atoms with Gasteiger partial charge in [0, 0.05) is 18.1 Å². The van der Waals surface area contributed by atoms with Gasteiger partial charge in [-0.25, -0.2) is 0 Å². The third-order valence-electron chi connectivity index (χ3n) is 4.03. The summed E-state index contributed by atoms with van der Waals surface area (Å²) in [6, 6.07) is 8.60. The Morgan fingerprint density at radius 1 is 1.29 bits per heavy atom. The summed E-state index contributed by atoms with van der Waals surface area (Å²) in [5.74, 6) is 0.478. The molecule has 6 heteroatoms. The Morgan fingerprint density at radius 3 is 2.62 bits per heavy atom. The van der Waals surface area contributed by atoms with Gasteiger partial charge in [-0.2, -0.15) is 0 Å². The van der Waals surface area contributed by atoms with Crippen LogP contribution in [0.2, 0.25) is 5.02 Å². The molecule has 2 aliphatic heterocycles. The van der Waals surface area contributed by atoms with Crippen LogP contribution in [0.15, 0.2) is 24.3 Å². The van der Waals surface area contributed by atoms with Gasteiger partial charge < -0.3 is 15.4 Å². The van der Waals surface area contributed by atoms with E-state index in [-0.39, 0.29) is 31.0 Å². The first-order valence-electron chi connectivity index (χ1n) is 7.13. The van der Waals surface area contributed by atoms with E-state index in [1.54, 1.807) is 12.1 Å². The van der Waals surface area contributed by atoms with Crippen LogP contribution in [0.5, 0.6) is 5.75 Å². The van der Waals surface area contributed by atoms with Crippen molar-refractivity contribution < 1.29 is 9.53 Å². The van der Waals surface area contributed by atoms with E-state index >= 15 is 0 Å². The highest BCUT2D eigenvalue weighted by Crippen LogP contribution is 2.27. The lowest BCUT2D eigenvalue weighted by molar-refractivity contribution is -0.124. The monoisotopic (exact) mass is 330 g/mol. The van der Waals surface area contributed by atoms with Crippen molar-refractivity contribution in [3.8, 4) is 5.75 Å². The molecule has 0 spiro atoms. The first-order chi connectivity index (χ1) is 9.70. The van der Waals surface area contributed by atoms with Gasteiger partial charge >= 0.3 is 0 Å². The molecule has 1 aromatic rings. The maximum atomic E-state index is 11.9. The van der Waals surface area contributed by atoms with Gasteiger partial charge in [0.15, 0.2) is 6.61 Å². The molecule has 1 aromatic carbocycles. The lowest BCUT2D eigenvalue weighted by atomic mass is 10.00. The molecule has 2 fully saturated rings. The molecule has 4 nitrogen and oxygen atoms in total. The molecule has 0 aliphatic carbocycles. The summed E-state index contributed by atoms with van der Waals surface area (Å²) in [7, 11) is 0. The average molecular weight is 331 g/mol. The Kier molecular flexibility index (Phi) is 5.73. The van der Waals surface area contributed by atoms with Crippen molar-refractivity contribution in [1.29, 1.82) is 0 Å². The number of carbonyl (C=O) groups is 1. The first kappa shape index (κ1) is 16.4. The molecular formula is C15H20Cl2N2O2. The molecule has 1 amide bonds. The molecule has 3 rings (SSSR count). The summed E-state index contributed by atoms with van der Waals surface area (Å²) in [5.41, 5.74) is 0. The van der Waals surface area contributed by atoms with Gasteiger partial charge in [0.2, 0.25) is 0 Å². The number of ether oxygens (including phenoxy) is 1. The van der Waals surface area contributed by atoms with Crippen LogP contribution in [0.25, 0.3) is 0 Å². The summed E-state index contributed by atoms with van der Waals surface area (Å²) in [4.78, 5) is 11.9. The summed E-state index contributed by atoms with van der Waals surface area (Å²) in [5, 5.41) is 7.15. The molecule has 2 unspecified atom stereocenters. The molecule has 21 heavy (non-hydrogen) atoms. The maximum Gasteiger partial charge on any atom is 0.258 e. The lowest BCUT2D eigenvalue weighted by Gasteiger charge is -2.29. The van der Waals surface area contributed by atoms with E-state index in [2.05, 4.69) is 10.6 Å². The molecule has 2 atom stereocenters. The first-order valence-corrected chi connectivity index (χ1v) is 7.51. The number of hydrogen-bond donors (Lipinski definition) is 2. The molecular weight excluding hydrogens is 311 g/mol. The van der Waals surface area contributed by atoms with E-state index in [0.29, 0.717) is 22.9 Å². The Morgan fingerprint density at radius 2 is 1.95 bits per heavy atom. The number of nitrogens with one attached hydrogen (secondary N) is 2. The van der Waals surface area contributed by atoms with Crippen molar-refractivity contribution in [3.63, 3.8) is 0 Å². The fourth-order valence-electron chi connectivity index (χ4n) is 3.15. The van der Waals surface area contributed by atoms with Crippen LogP contribution < -0.4 is 15.4 Å². The number of halogens is 2. The highest BCUT2D eigenvalue weighted by atomic mass is 35.5. The second-order valence-electron chi connectivity index (χ2n) is 5.59. The minimum atomic E-state index is -0.0729. The van der Waals surface area contributed by atoms with Gasteiger partial charge in [0.25, 0.3) is 5.91 Å². The standard InChI is InChI=1S/C15H19ClN2O2.ClH/c16-13-3-1-2-4-14(13)20-9-15(19)18-12-7-10-5-6-11(8-12)17-10;/h1-4,10-12,17H,5-9H2,(H,18,19);1H. The predicted molar refractivity (Wildman–Crippen MR) is 85.3 cm³/mol. The van der Waals surface area contributed by atoms with Crippen LogP contribution in [-0.4, -0.2) is 30.6 Å². The van der Waals surface area contributed by atoms with E-state index in [1.807, 2.05) is 12.1 Å². The van der Waals surface area contributed by atoms with Crippen molar-refractivity contribution in [2.75, 3.05) is 6.61 Å². The van der Waals surface area contributed by atoms with Crippen molar-refractivity contribution >= 4 is 29.9 Å². The minimum absolute atomic E-state index is 0. The molecule has 116 valence electrons. The Labute approximate surface area is 136 Å². The zero-order chi connectivity index (χ0) is 13.9. The van der Waals surface area contributed by atoms with Gasteiger partial charge in [-0.15, -0.1) is 12.4 Å². The lowest BCUT2D eigenvalue weighted by Crippen LogP contribution is -2.48. The van der Waals surface area contributed by atoms with Crippen molar-refractivity contribution in [1.82, 2.24) is 10.6 Å². The number of benzene rings is 1. The number of fused-ring (bicyclic) bond motifs is 2. The Balaban J connectivity index is 0.00000161. The minimum Gasteiger partial charge on any atom is -0.482 e. The second kappa shape index (κ2) is 7.34. The summed E-state index contributed by atoms with van der Waals surface area (Å²) >= 11 is 5.98. The van der Waals surface area contributed by atoms with E-state index in [9.17, 15) is 4.79 Å². The van der Waals surface area contributed by atoms with Crippen molar-refractivity contribution in [3.05, 3.63) is 29.3 Å². The van der Waals surface area contributed by atoms with E-state index in [1.165, 1.54) is 12.8 Å². The average Bonchev–Trinajstić information content (AvgIpc) is 2.77.